The second kappa shape index (κ2) is 5.55. The number of carbonyl (C=O) groups excluding carboxylic acids is 1. The molecule has 1 aliphatic rings. The van der Waals surface area contributed by atoms with Gasteiger partial charge in [0.2, 0.25) is 0 Å². The molecule has 1 atom stereocenters. The molecule has 0 saturated carbocycles. The number of fused-ring (bicyclic) bond motifs is 1. The van der Waals surface area contributed by atoms with Gasteiger partial charge in [-0.05, 0) is 51.8 Å². The van der Waals surface area contributed by atoms with Crippen LogP contribution in [0.4, 0.5) is 4.79 Å². The van der Waals surface area contributed by atoms with Gasteiger partial charge in [-0.2, -0.15) is 0 Å². The van der Waals surface area contributed by atoms with Gasteiger partial charge in [-0.15, -0.1) is 0 Å². The number of aromatic amines is 1. The second-order valence-corrected chi connectivity index (χ2v) is 7.68. The summed E-state index contributed by atoms with van der Waals surface area (Å²) >= 11 is 12.4. The number of aromatic nitrogens is 1. The van der Waals surface area contributed by atoms with Gasteiger partial charge in [0.05, 0.1) is 10.5 Å². The first kappa shape index (κ1) is 17.4. The number of ether oxygens (including phenoxy) is 1. The van der Waals surface area contributed by atoms with Crippen molar-refractivity contribution in [2.24, 2.45) is 0 Å². The molecule has 130 valence electrons. The molecule has 0 spiro atoms. The Hall–Kier alpha value is -1.43. The summed E-state index contributed by atoms with van der Waals surface area (Å²) in [6.07, 6.45) is 0.0302. The Morgan fingerprint density at radius 2 is 1.96 bits per heavy atom. The molecule has 1 aromatic carbocycles. The van der Waals surface area contributed by atoms with Crippen molar-refractivity contribution in [3.05, 3.63) is 33.4 Å². The Kier molecular flexibility index (Phi) is 4.02. The van der Waals surface area contributed by atoms with Crippen molar-refractivity contribution in [3.63, 3.8) is 0 Å². The Balaban J connectivity index is 1.92. The molecule has 1 aromatic heterocycles. The van der Waals surface area contributed by atoms with Crippen molar-refractivity contribution in [1.29, 1.82) is 0 Å². The van der Waals surface area contributed by atoms with Gasteiger partial charge >= 0.3 is 6.09 Å². The number of hydrogen-bond donors (Lipinski definition) is 2. The fourth-order valence-corrected chi connectivity index (χ4v) is 3.67. The average Bonchev–Trinajstić information content (AvgIpc) is 2.82. The van der Waals surface area contributed by atoms with E-state index in [0.29, 0.717) is 23.0 Å². The third-order valence-corrected chi connectivity index (χ3v) is 5.48. The Bertz CT molecular complexity index is 827. The summed E-state index contributed by atoms with van der Waals surface area (Å²) in [6.45, 7) is 7.26. The maximum atomic E-state index is 12.1. The van der Waals surface area contributed by atoms with E-state index in [2.05, 4.69) is 4.98 Å². The first-order valence-corrected chi connectivity index (χ1v) is 8.49. The van der Waals surface area contributed by atoms with Gasteiger partial charge in [0.15, 0.2) is 11.3 Å². The molecule has 1 fully saturated rings. The number of hydrogen-bond acceptors (Lipinski definition) is 3. The molecular formula is C17H20Cl2N2O3. The number of aryl methyl sites for hydroxylation is 1. The van der Waals surface area contributed by atoms with E-state index >= 15 is 0 Å². The third kappa shape index (κ3) is 2.55. The van der Waals surface area contributed by atoms with Crippen LogP contribution in [0.25, 0.3) is 10.9 Å². The van der Waals surface area contributed by atoms with Crippen LogP contribution in [0.5, 0.6) is 0 Å². The fourth-order valence-electron chi connectivity index (χ4n) is 3.13. The molecule has 0 radical (unpaired) electrons. The summed E-state index contributed by atoms with van der Waals surface area (Å²) < 4.78 is 5.29. The standard InChI is InChI=1S/C17H20Cl2N2O3/c1-9-11(12-7-10(18)8-13(19)14(12)20-9)5-6-21-15(22)24-16(2,3)17(21,4)23/h7-8,20,23H,5-6H2,1-4H3. The predicted molar refractivity (Wildman–Crippen MR) is 94.6 cm³/mol. The maximum Gasteiger partial charge on any atom is 0.412 e. The lowest BCUT2D eigenvalue weighted by atomic mass is 9.95. The van der Waals surface area contributed by atoms with E-state index < -0.39 is 17.4 Å². The van der Waals surface area contributed by atoms with Crippen molar-refractivity contribution < 1.29 is 14.6 Å². The Morgan fingerprint density at radius 1 is 1.29 bits per heavy atom. The molecule has 1 amide bonds. The SMILES string of the molecule is Cc1[nH]c2c(Cl)cc(Cl)cc2c1CCN1C(=O)OC(C)(C)C1(C)O. The monoisotopic (exact) mass is 370 g/mol. The molecule has 2 N–H and O–H groups in total. The molecule has 2 heterocycles. The second-order valence-electron chi connectivity index (χ2n) is 6.84. The highest BCUT2D eigenvalue weighted by atomic mass is 35.5. The largest absolute Gasteiger partial charge is 0.438 e. The van der Waals surface area contributed by atoms with Gasteiger partial charge in [0.25, 0.3) is 0 Å². The van der Waals surface area contributed by atoms with Crippen molar-refractivity contribution in [1.82, 2.24) is 9.88 Å². The van der Waals surface area contributed by atoms with Crippen LogP contribution in [-0.2, 0) is 11.2 Å². The first-order chi connectivity index (χ1) is 11.0. The molecule has 1 unspecified atom stereocenters. The van der Waals surface area contributed by atoms with Crippen LogP contribution in [-0.4, -0.2) is 39.0 Å². The van der Waals surface area contributed by atoms with Crippen molar-refractivity contribution in [3.8, 4) is 0 Å². The van der Waals surface area contributed by atoms with Gasteiger partial charge in [-0.3, -0.25) is 4.90 Å². The summed E-state index contributed by atoms with van der Waals surface area (Å²) in [4.78, 5) is 16.7. The summed E-state index contributed by atoms with van der Waals surface area (Å²) in [5, 5.41) is 12.7. The van der Waals surface area contributed by atoms with Crippen LogP contribution in [0, 0.1) is 6.92 Å². The number of carbonyl (C=O) groups is 1. The Labute approximate surface area is 150 Å². The number of nitrogens with zero attached hydrogens (tertiary/aromatic N) is 1. The number of nitrogens with one attached hydrogen (secondary N) is 1. The minimum atomic E-state index is -1.38. The van der Waals surface area contributed by atoms with Crippen LogP contribution in [0.1, 0.15) is 32.0 Å². The lowest BCUT2D eigenvalue weighted by Gasteiger charge is -2.34. The van der Waals surface area contributed by atoms with Crippen LogP contribution in [0.15, 0.2) is 12.1 Å². The smallest absolute Gasteiger partial charge is 0.412 e. The summed E-state index contributed by atoms with van der Waals surface area (Å²) in [6, 6.07) is 3.54. The molecule has 5 nitrogen and oxygen atoms in total. The highest BCUT2D eigenvalue weighted by Crippen LogP contribution is 2.38. The van der Waals surface area contributed by atoms with Crippen LogP contribution < -0.4 is 0 Å². The summed E-state index contributed by atoms with van der Waals surface area (Å²) in [5.74, 6) is 0. The topological polar surface area (TPSA) is 65.6 Å². The minimum Gasteiger partial charge on any atom is -0.438 e. The van der Waals surface area contributed by atoms with Gasteiger partial charge < -0.3 is 14.8 Å². The zero-order valence-electron chi connectivity index (χ0n) is 14.0. The molecule has 7 heteroatoms. The molecule has 24 heavy (non-hydrogen) atoms. The van der Waals surface area contributed by atoms with Crippen molar-refractivity contribution in [2.75, 3.05) is 6.54 Å². The van der Waals surface area contributed by atoms with E-state index in [1.807, 2.05) is 13.0 Å². The van der Waals surface area contributed by atoms with Crippen LogP contribution >= 0.6 is 23.2 Å². The highest BCUT2D eigenvalue weighted by molar-refractivity contribution is 6.38. The molecule has 0 aliphatic carbocycles. The zero-order valence-corrected chi connectivity index (χ0v) is 15.5. The molecule has 1 saturated heterocycles. The number of benzene rings is 1. The van der Waals surface area contributed by atoms with Crippen LogP contribution in [0.2, 0.25) is 10.0 Å². The van der Waals surface area contributed by atoms with E-state index in [4.69, 9.17) is 27.9 Å². The summed E-state index contributed by atoms with van der Waals surface area (Å²) in [5.41, 5.74) is 0.457. The van der Waals surface area contributed by atoms with Gasteiger partial charge in [-0.25, -0.2) is 4.79 Å². The maximum absolute atomic E-state index is 12.1. The minimum absolute atomic E-state index is 0.327. The molecule has 2 aromatic rings. The van der Waals surface area contributed by atoms with E-state index in [9.17, 15) is 9.90 Å². The number of halogens is 2. The average molecular weight is 371 g/mol. The number of amides is 1. The van der Waals surface area contributed by atoms with Crippen LogP contribution in [0.3, 0.4) is 0 Å². The normalized spacial score (nSPS) is 23.1. The van der Waals surface area contributed by atoms with Gasteiger partial charge in [0, 0.05) is 22.6 Å². The fraction of sp³-hybridized carbons (Fsp3) is 0.471. The van der Waals surface area contributed by atoms with Crippen molar-refractivity contribution in [2.45, 2.75) is 45.4 Å². The zero-order chi connectivity index (χ0) is 17.9. The molecular weight excluding hydrogens is 351 g/mol. The van der Waals surface area contributed by atoms with Crippen molar-refractivity contribution >= 4 is 40.2 Å². The molecule has 3 rings (SSSR count). The first-order valence-electron chi connectivity index (χ1n) is 7.74. The highest BCUT2D eigenvalue weighted by Gasteiger charge is 2.56. The van der Waals surface area contributed by atoms with E-state index in [1.165, 1.54) is 4.90 Å². The predicted octanol–water partition coefficient (Wildman–Crippen LogP) is 4.26. The quantitative estimate of drug-likeness (QED) is 0.847. The lowest BCUT2D eigenvalue weighted by molar-refractivity contribution is -0.126. The molecule has 0 bridgehead atoms. The number of rotatable bonds is 3. The van der Waals surface area contributed by atoms with E-state index in [-0.39, 0.29) is 0 Å². The number of H-pyrrole nitrogens is 1. The third-order valence-electron chi connectivity index (χ3n) is 4.96. The van der Waals surface area contributed by atoms with Gasteiger partial charge in [0.1, 0.15) is 0 Å². The summed E-state index contributed by atoms with van der Waals surface area (Å²) in [7, 11) is 0. The van der Waals surface area contributed by atoms with E-state index in [1.54, 1.807) is 26.8 Å². The lowest BCUT2D eigenvalue weighted by Crippen LogP contribution is -2.54. The van der Waals surface area contributed by atoms with Gasteiger partial charge in [-0.1, -0.05) is 23.2 Å². The van der Waals surface area contributed by atoms with E-state index in [0.717, 1.165) is 22.2 Å². The Morgan fingerprint density at radius 3 is 2.54 bits per heavy atom. The number of cyclic esters (lactones) is 1. The number of aliphatic hydroxyl groups is 1. The molecule has 1 aliphatic heterocycles.